The predicted octanol–water partition coefficient (Wildman–Crippen LogP) is 1.18. The van der Waals surface area contributed by atoms with Gasteiger partial charge in [0.05, 0.1) is 6.54 Å². The smallest absolute Gasteiger partial charge is 0.238 e. The van der Waals surface area contributed by atoms with E-state index in [1.54, 1.807) is 0 Å². The van der Waals surface area contributed by atoms with Crippen molar-refractivity contribution < 1.29 is 9.59 Å². The molecule has 1 aliphatic rings. The summed E-state index contributed by atoms with van der Waals surface area (Å²) < 4.78 is 0. The van der Waals surface area contributed by atoms with Gasteiger partial charge in [0.15, 0.2) is 0 Å². The summed E-state index contributed by atoms with van der Waals surface area (Å²) in [7, 11) is 1.89. The number of anilines is 1. The number of hydrogen-bond donors (Lipinski definition) is 1. The molecule has 0 unspecified atom stereocenters. The van der Waals surface area contributed by atoms with Gasteiger partial charge in [-0.1, -0.05) is 18.2 Å². The fourth-order valence-corrected chi connectivity index (χ4v) is 2.28. The van der Waals surface area contributed by atoms with E-state index < -0.39 is 0 Å². The van der Waals surface area contributed by atoms with Crippen molar-refractivity contribution in [1.82, 2.24) is 9.80 Å². The number of nitrogens with one attached hydrogen (secondary N) is 1. The Labute approximate surface area is 119 Å². The Bertz CT molecular complexity index is 461. The first-order valence-corrected chi connectivity index (χ1v) is 6.96. The molecule has 108 valence electrons. The lowest BCUT2D eigenvalue weighted by Gasteiger charge is -2.21. The number of likely N-dealkylation sites (N-methyl/N-ethyl adjacent to an activating group) is 1. The van der Waals surface area contributed by atoms with E-state index in [0.29, 0.717) is 26.1 Å². The maximum atomic E-state index is 11.8. The number of hydrogen-bond acceptors (Lipinski definition) is 3. The van der Waals surface area contributed by atoms with Crippen molar-refractivity contribution in [2.45, 2.75) is 12.8 Å². The van der Waals surface area contributed by atoms with Crippen molar-refractivity contribution in [3.05, 3.63) is 30.3 Å². The molecule has 1 N–H and O–H groups in total. The van der Waals surface area contributed by atoms with Crippen LogP contribution in [-0.2, 0) is 9.59 Å². The lowest BCUT2D eigenvalue weighted by Crippen LogP contribution is -2.37. The Morgan fingerprint density at radius 2 is 2.10 bits per heavy atom. The molecule has 0 bridgehead atoms. The minimum atomic E-state index is -0.0357. The van der Waals surface area contributed by atoms with Crippen LogP contribution in [0.5, 0.6) is 0 Å². The van der Waals surface area contributed by atoms with Crippen molar-refractivity contribution in [2.24, 2.45) is 0 Å². The van der Waals surface area contributed by atoms with Crippen molar-refractivity contribution in [3.8, 4) is 0 Å². The molecule has 1 aromatic rings. The molecular weight excluding hydrogens is 254 g/mol. The van der Waals surface area contributed by atoms with Gasteiger partial charge in [-0.2, -0.15) is 0 Å². The van der Waals surface area contributed by atoms with Crippen LogP contribution in [0.1, 0.15) is 12.8 Å². The fourth-order valence-electron chi connectivity index (χ4n) is 2.28. The molecule has 0 spiro atoms. The zero-order valence-corrected chi connectivity index (χ0v) is 11.8. The molecule has 1 fully saturated rings. The highest BCUT2D eigenvalue weighted by molar-refractivity contribution is 5.92. The second-order valence-electron chi connectivity index (χ2n) is 5.14. The van der Waals surface area contributed by atoms with E-state index in [9.17, 15) is 9.59 Å². The van der Waals surface area contributed by atoms with Crippen LogP contribution in [0.3, 0.4) is 0 Å². The van der Waals surface area contributed by atoms with E-state index in [1.165, 1.54) is 0 Å². The first kappa shape index (κ1) is 14.5. The Balaban J connectivity index is 1.69. The summed E-state index contributed by atoms with van der Waals surface area (Å²) >= 11 is 0. The number of likely N-dealkylation sites (tertiary alicyclic amines) is 1. The van der Waals surface area contributed by atoms with Crippen molar-refractivity contribution in [1.29, 1.82) is 0 Å². The maximum Gasteiger partial charge on any atom is 0.238 e. The van der Waals surface area contributed by atoms with Crippen LogP contribution in [0.15, 0.2) is 30.3 Å². The van der Waals surface area contributed by atoms with Crippen LogP contribution in [0.25, 0.3) is 0 Å². The van der Waals surface area contributed by atoms with Gasteiger partial charge in [0, 0.05) is 31.7 Å². The summed E-state index contributed by atoms with van der Waals surface area (Å²) in [6.45, 7) is 2.60. The number of nitrogens with zero attached hydrogens (tertiary/aromatic N) is 2. The molecule has 1 saturated heterocycles. The first-order chi connectivity index (χ1) is 9.65. The van der Waals surface area contributed by atoms with Crippen LogP contribution in [0, 0.1) is 0 Å². The van der Waals surface area contributed by atoms with Crippen LogP contribution in [-0.4, -0.2) is 54.8 Å². The number of amides is 2. The lowest BCUT2D eigenvalue weighted by molar-refractivity contribution is -0.127. The normalized spacial score (nSPS) is 14.9. The Kier molecular flexibility index (Phi) is 5.12. The molecule has 5 nitrogen and oxygen atoms in total. The molecule has 0 aliphatic carbocycles. The van der Waals surface area contributed by atoms with Gasteiger partial charge in [-0.05, 0) is 25.6 Å². The number of para-hydroxylation sites is 1. The molecule has 5 heteroatoms. The SMILES string of the molecule is CN(CCN1CCCC1=O)CC(=O)Nc1ccccc1. The van der Waals surface area contributed by atoms with Gasteiger partial charge in [-0.15, -0.1) is 0 Å². The number of carbonyl (C=O) groups is 2. The summed E-state index contributed by atoms with van der Waals surface area (Å²) in [6, 6.07) is 9.41. The summed E-state index contributed by atoms with van der Waals surface area (Å²) in [5.74, 6) is 0.193. The predicted molar refractivity (Wildman–Crippen MR) is 78.4 cm³/mol. The van der Waals surface area contributed by atoms with Gasteiger partial charge in [-0.3, -0.25) is 14.5 Å². The molecule has 20 heavy (non-hydrogen) atoms. The largest absolute Gasteiger partial charge is 0.341 e. The summed E-state index contributed by atoms with van der Waals surface area (Å²) in [4.78, 5) is 27.1. The molecule has 1 heterocycles. The van der Waals surface area contributed by atoms with E-state index >= 15 is 0 Å². The van der Waals surface area contributed by atoms with E-state index in [4.69, 9.17) is 0 Å². The zero-order chi connectivity index (χ0) is 14.4. The second kappa shape index (κ2) is 7.05. The topological polar surface area (TPSA) is 52.7 Å². The number of carbonyl (C=O) groups excluding carboxylic acids is 2. The highest BCUT2D eigenvalue weighted by Crippen LogP contribution is 2.09. The third kappa shape index (κ3) is 4.35. The maximum absolute atomic E-state index is 11.8. The van der Waals surface area contributed by atoms with Gasteiger partial charge < -0.3 is 10.2 Å². The first-order valence-electron chi connectivity index (χ1n) is 6.96. The van der Waals surface area contributed by atoms with Crippen LogP contribution in [0.2, 0.25) is 0 Å². The molecule has 0 atom stereocenters. The second-order valence-corrected chi connectivity index (χ2v) is 5.14. The molecule has 0 radical (unpaired) electrons. The Morgan fingerprint density at radius 3 is 2.75 bits per heavy atom. The molecular formula is C15H21N3O2. The van der Waals surface area contributed by atoms with Gasteiger partial charge >= 0.3 is 0 Å². The Morgan fingerprint density at radius 1 is 1.35 bits per heavy atom. The summed E-state index contributed by atoms with van der Waals surface area (Å²) in [5.41, 5.74) is 0.806. The quantitative estimate of drug-likeness (QED) is 0.848. The third-order valence-corrected chi connectivity index (χ3v) is 3.39. The monoisotopic (exact) mass is 275 g/mol. The Hall–Kier alpha value is -1.88. The average molecular weight is 275 g/mol. The van der Waals surface area contributed by atoms with E-state index in [-0.39, 0.29) is 11.8 Å². The number of rotatable bonds is 6. The molecule has 2 rings (SSSR count). The average Bonchev–Trinajstić information content (AvgIpc) is 2.83. The molecule has 1 aromatic carbocycles. The minimum absolute atomic E-state index is 0.0357. The summed E-state index contributed by atoms with van der Waals surface area (Å²) in [6.07, 6.45) is 1.62. The van der Waals surface area contributed by atoms with Gasteiger partial charge in [0.25, 0.3) is 0 Å². The zero-order valence-electron chi connectivity index (χ0n) is 11.8. The van der Waals surface area contributed by atoms with E-state index in [0.717, 1.165) is 18.7 Å². The van der Waals surface area contributed by atoms with Crippen LogP contribution in [0.4, 0.5) is 5.69 Å². The molecule has 0 aromatic heterocycles. The molecule has 1 aliphatic heterocycles. The van der Waals surface area contributed by atoms with Gasteiger partial charge in [0.1, 0.15) is 0 Å². The summed E-state index contributed by atoms with van der Waals surface area (Å²) in [5, 5.41) is 2.85. The van der Waals surface area contributed by atoms with Crippen molar-refractivity contribution >= 4 is 17.5 Å². The molecule has 0 saturated carbocycles. The minimum Gasteiger partial charge on any atom is -0.341 e. The van der Waals surface area contributed by atoms with Crippen molar-refractivity contribution in [2.75, 3.05) is 38.5 Å². The fraction of sp³-hybridized carbons (Fsp3) is 0.467. The highest BCUT2D eigenvalue weighted by Gasteiger charge is 2.20. The van der Waals surface area contributed by atoms with Crippen LogP contribution >= 0.6 is 0 Å². The number of benzene rings is 1. The van der Waals surface area contributed by atoms with Crippen LogP contribution < -0.4 is 5.32 Å². The standard InChI is InChI=1S/C15H21N3O2/c1-17(10-11-18-9-5-8-15(18)20)12-14(19)16-13-6-3-2-4-7-13/h2-4,6-7H,5,8-12H2,1H3,(H,16,19). The third-order valence-electron chi connectivity index (χ3n) is 3.39. The van der Waals surface area contributed by atoms with Gasteiger partial charge in [0.2, 0.25) is 11.8 Å². The van der Waals surface area contributed by atoms with E-state index in [1.807, 2.05) is 47.2 Å². The van der Waals surface area contributed by atoms with Crippen molar-refractivity contribution in [3.63, 3.8) is 0 Å². The highest BCUT2D eigenvalue weighted by atomic mass is 16.2. The lowest BCUT2D eigenvalue weighted by atomic mass is 10.3. The van der Waals surface area contributed by atoms with Gasteiger partial charge in [-0.25, -0.2) is 0 Å². The van der Waals surface area contributed by atoms with E-state index in [2.05, 4.69) is 5.32 Å². The molecule has 2 amide bonds.